The topological polar surface area (TPSA) is 27.0 Å². The van der Waals surface area contributed by atoms with Crippen molar-refractivity contribution in [2.24, 2.45) is 0 Å². The van der Waals surface area contributed by atoms with Crippen molar-refractivity contribution in [3.8, 4) is 0 Å². The smallest absolute Gasteiger partial charge is 0.0962 e. The highest BCUT2D eigenvalue weighted by Gasteiger charge is 2.14. The van der Waals surface area contributed by atoms with Crippen molar-refractivity contribution in [3.63, 3.8) is 0 Å². The van der Waals surface area contributed by atoms with Crippen molar-refractivity contribution in [2.75, 3.05) is 13.1 Å². The second-order valence-corrected chi connectivity index (χ2v) is 4.50. The zero-order chi connectivity index (χ0) is 8.93. The first-order valence-corrected chi connectivity index (χ1v) is 5.54. The largest absolute Gasteiger partial charge is 0.250 e. The average Bonchev–Trinajstić information content (AvgIpc) is 2.21. The van der Waals surface area contributed by atoms with E-state index in [2.05, 4.69) is 16.4 Å². The molecule has 0 spiro atoms. The van der Waals surface area contributed by atoms with E-state index in [1.165, 1.54) is 12.8 Å². The summed E-state index contributed by atoms with van der Waals surface area (Å²) in [5.41, 5.74) is 0. The molecule has 0 bridgehead atoms. The third-order valence-corrected chi connectivity index (χ3v) is 3.30. The molecule has 3 heteroatoms. The van der Waals surface area contributed by atoms with Gasteiger partial charge in [0, 0.05) is 24.5 Å². The minimum Gasteiger partial charge on any atom is -0.250 e. The van der Waals surface area contributed by atoms with Gasteiger partial charge in [0.05, 0.1) is 5.03 Å². The van der Waals surface area contributed by atoms with E-state index in [-0.39, 0.29) is 0 Å². The lowest BCUT2D eigenvalue weighted by atomic mass is 10.2. The molecule has 1 aliphatic heterocycles. The second kappa shape index (κ2) is 4.63. The van der Waals surface area contributed by atoms with Gasteiger partial charge in [-0.2, -0.15) is 0 Å². The highest BCUT2D eigenvalue weighted by molar-refractivity contribution is 7.99. The summed E-state index contributed by atoms with van der Waals surface area (Å²) in [4.78, 5) is 4.29. The molecule has 0 amide bonds. The van der Waals surface area contributed by atoms with E-state index in [1.807, 2.05) is 30.1 Å². The number of hydrogen-bond donors (Lipinski definition) is 0. The SMILES string of the molecule is c1ccc(SC2CCC[N]C2)nc1. The molecule has 2 nitrogen and oxygen atoms in total. The summed E-state index contributed by atoms with van der Waals surface area (Å²) in [6.45, 7) is 2.06. The Morgan fingerprint density at radius 3 is 3.08 bits per heavy atom. The summed E-state index contributed by atoms with van der Waals surface area (Å²) in [6.07, 6.45) is 4.37. The van der Waals surface area contributed by atoms with Crippen LogP contribution in [0.3, 0.4) is 0 Å². The monoisotopic (exact) mass is 193 g/mol. The van der Waals surface area contributed by atoms with Crippen LogP contribution in [0.25, 0.3) is 0 Å². The summed E-state index contributed by atoms with van der Waals surface area (Å²) >= 11 is 1.86. The van der Waals surface area contributed by atoms with Crippen LogP contribution in [-0.2, 0) is 0 Å². The van der Waals surface area contributed by atoms with Crippen LogP contribution in [-0.4, -0.2) is 23.3 Å². The van der Waals surface area contributed by atoms with Crippen LogP contribution in [0.1, 0.15) is 12.8 Å². The fourth-order valence-electron chi connectivity index (χ4n) is 1.44. The lowest BCUT2D eigenvalue weighted by Crippen LogP contribution is -2.26. The van der Waals surface area contributed by atoms with Crippen LogP contribution in [0.5, 0.6) is 0 Å². The predicted molar refractivity (Wildman–Crippen MR) is 55.0 cm³/mol. The van der Waals surface area contributed by atoms with E-state index in [0.717, 1.165) is 18.1 Å². The Balaban J connectivity index is 1.90. The van der Waals surface area contributed by atoms with Crippen LogP contribution in [0.4, 0.5) is 0 Å². The third kappa shape index (κ3) is 2.71. The predicted octanol–water partition coefficient (Wildman–Crippen LogP) is 1.94. The maximum atomic E-state index is 4.41. The van der Waals surface area contributed by atoms with Gasteiger partial charge in [-0.15, -0.1) is 11.8 Å². The van der Waals surface area contributed by atoms with Gasteiger partial charge in [-0.05, 0) is 25.0 Å². The van der Waals surface area contributed by atoms with E-state index in [0.29, 0.717) is 5.25 Å². The molecule has 0 aliphatic carbocycles. The van der Waals surface area contributed by atoms with E-state index < -0.39 is 0 Å². The molecule has 2 rings (SSSR count). The van der Waals surface area contributed by atoms with Crippen molar-refractivity contribution < 1.29 is 0 Å². The van der Waals surface area contributed by atoms with Gasteiger partial charge in [0.25, 0.3) is 0 Å². The Morgan fingerprint density at radius 1 is 1.38 bits per heavy atom. The highest BCUT2D eigenvalue weighted by atomic mass is 32.2. The Kier molecular flexibility index (Phi) is 3.22. The fraction of sp³-hybridized carbons (Fsp3) is 0.500. The lowest BCUT2D eigenvalue weighted by molar-refractivity contribution is 0.522. The molecule has 1 aromatic rings. The first kappa shape index (κ1) is 9.03. The van der Waals surface area contributed by atoms with Gasteiger partial charge >= 0.3 is 0 Å². The molecule has 1 radical (unpaired) electrons. The van der Waals surface area contributed by atoms with Gasteiger partial charge in [-0.3, -0.25) is 0 Å². The molecule has 2 heterocycles. The number of thioether (sulfide) groups is 1. The molecule has 1 unspecified atom stereocenters. The Hall–Kier alpha value is -0.540. The molecular weight excluding hydrogens is 180 g/mol. The first-order chi connectivity index (χ1) is 6.45. The quantitative estimate of drug-likeness (QED) is 0.717. The molecule has 69 valence electrons. The summed E-state index contributed by atoms with van der Waals surface area (Å²) < 4.78 is 0. The lowest BCUT2D eigenvalue weighted by Gasteiger charge is -2.20. The minimum absolute atomic E-state index is 0.656. The first-order valence-electron chi connectivity index (χ1n) is 4.66. The Labute approximate surface area is 83.1 Å². The van der Waals surface area contributed by atoms with Gasteiger partial charge in [0.15, 0.2) is 0 Å². The van der Waals surface area contributed by atoms with Crippen LogP contribution < -0.4 is 5.32 Å². The Bertz CT molecular complexity index is 244. The van der Waals surface area contributed by atoms with Gasteiger partial charge in [-0.1, -0.05) is 6.07 Å². The second-order valence-electron chi connectivity index (χ2n) is 3.18. The normalized spacial score (nSPS) is 22.9. The Morgan fingerprint density at radius 2 is 2.38 bits per heavy atom. The molecular formula is C10H13N2S. The number of pyridine rings is 1. The van der Waals surface area contributed by atoms with E-state index in [9.17, 15) is 0 Å². The highest BCUT2D eigenvalue weighted by Crippen LogP contribution is 2.25. The van der Waals surface area contributed by atoms with E-state index >= 15 is 0 Å². The zero-order valence-electron chi connectivity index (χ0n) is 7.52. The number of rotatable bonds is 2. The van der Waals surface area contributed by atoms with Crippen LogP contribution >= 0.6 is 11.8 Å². The average molecular weight is 193 g/mol. The maximum Gasteiger partial charge on any atom is 0.0962 e. The summed E-state index contributed by atoms with van der Waals surface area (Å²) in [5, 5.41) is 6.19. The molecule has 1 saturated heterocycles. The van der Waals surface area contributed by atoms with E-state index in [4.69, 9.17) is 0 Å². The molecule has 13 heavy (non-hydrogen) atoms. The van der Waals surface area contributed by atoms with E-state index in [1.54, 1.807) is 0 Å². The van der Waals surface area contributed by atoms with Crippen molar-refractivity contribution in [1.82, 2.24) is 10.3 Å². The fourth-order valence-corrected chi connectivity index (χ4v) is 2.53. The van der Waals surface area contributed by atoms with Gasteiger partial charge in [0.2, 0.25) is 0 Å². The van der Waals surface area contributed by atoms with Gasteiger partial charge < -0.3 is 0 Å². The summed E-state index contributed by atoms with van der Waals surface area (Å²) in [7, 11) is 0. The van der Waals surface area contributed by atoms with Crippen molar-refractivity contribution >= 4 is 11.8 Å². The molecule has 1 aromatic heterocycles. The van der Waals surface area contributed by atoms with Gasteiger partial charge in [-0.25, -0.2) is 10.3 Å². The van der Waals surface area contributed by atoms with Gasteiger partial charge in [0.1, 0.15) is 0 Å². The number of nitrogens with zero attached hydrogens (tertiary/aromatic N) is 2. The molecule has 0 N–H and O–H groups in total. The van der Waals surface area contributed by atoms with Crippen LogP contribution in [0.15, 0.2) is 29.4 Å². The molecule has 0 aromatic carbocycles. The zero-order valence-corrected chi connectivity index (χ0v) is 8.33. The number of aromatic nitrogens is 1. The van der Waals surface area contributed by atoms with Crippen LogP contribution in [0.2, 0.25) is 0 Å². The third-order valence-electron chi connectivity index (χ3n) is 2.10. The standard InChI is InChI=1S/C10H13N2S/c1-2-7-12-10(5-1)13-9-4-3-6-11-8-9/h1-2,5,7,9H,3-4,6,8H2. The number of piperidine rings is 1. The maximum absolute atomic E-state index is 4.41. The number of hydrogen-bond acceptors (Lipinski definition) is 2. The van der Waals surface area contributed by atoms with Crippen molar-refractivity contribution in [3.05, 3.63) is 24.4 Å². The van der Waals surface area contributed by atoms with Crippen molar-refractivity contribution in [1.29, 1.82) is 0 Å². The molecule has 1 atom stereocenters. The summed E-state index contributed by atoms with van der Waals surface area (Å²) in [6, 6.07) is 6.06. The molecule has 0 saturated carbocycles. The summed E-state index contributed by atoms with van der Waals surface area (Å²) in [5.74, 6) is 0. The minimum atomic E-state index is 0.656. The van der Waals surface area contributed by atoms with Crippen LogP contribution in [0, 0.1) is 0 Å². The molecule has 1 fully saturated rings. The molecule has 1 aliphatic rings. The van der Waals surface area contributed by atoms with Crippen molar-refractivity contribution in [2.45, 2.75) is 23.1 Å².